The smallest absolute Gasteiger partial charge is 0.126 e. The highest BCUT2D eigenvalue weighted by molar-refractivity contribution is 7.55. The predicted molar refractivity (Wildman–Crippen MR) is 133 cm³/mol. The number of phenolic OH excluding ortho intramolecular Hbond substituents is 1. The van der Waals surface area contributed by atoms with E-state index < -0.39 is 6.10 Å². The molecule has 0 fully saturated rings. The number of aliphatic hydroxyl groups is 1. The van der Waals surface area contributed by atoms with E-state index in [1.54, 1.807) is 13.0 Å². The lowest BCUT2D eigenvalue weighted by molar-refractivity contribution is 0.200. The Labute approximate surface area is 191 Å². The van der Waals surface area contributed by atoms with Gasteiger partial charge in [-0.15, -0.1) is 0 Å². The first-order valence-corrected chi connectivity index (χ1v) is 12.3. The quantitative estimate of drug-likeness (QED) is 0.544. The zero-order valence-electron chi connectivity index (χ0n) is 18.3. The molecule has 0 saturated carbocycles. The molecule has 0 spiro atoms. The van der Waals surface area contributed by atoms with E-state index in [1.807, 2.05) is 0 Å². The summed E-state index contributed by atoms with van der Waals surface area (Å²) < 4.78 is 13.8. The van der Waals surface area contributed by atoms with Crippen LogP contribution in [0.15, 0.2) is 78.9 Å². The number of aliphatic hydroxyl groups excluding tert-OH is 1. The van der Waals surface area contributed by atoms with Crippen LogP contribution in [0.1, 0.15) is 42.6 Å². The van der Waals surface area contributed by atoms with Crippen molar-refractivity contribution in [3.8, 4) is 5.75 Å². The number of halogens is 1. The topological polar surface area (TPSA) is 40.5 Å². The molecule has 2 N–H and O–H groups in total. The third-order valence-electron chi connectivity index (χ3n) is 6.10. The van der Waals surface area contributed by atoms with Crippen LogP contribution in [0.2, 0.25) is 0 Å². The number of phenols is 1. The van der Waals surface area contributed by atoms with Crippen molar-refractivity contribution in [3.05, 3.63) is 101 Å². The lowest BCUT2D eigenvalue weighted by atomic mass is 9.89. The van der Waals surface area contributed by atoms with Gasteiger partial charge in [0.1, 0.15) is 11.6 Å². The monoisotopic (exact) mass is 448 g/mol. The first-order chi connectivity index (χ1) is 15.5. The molecule has 0 bridgehead atoms. The number of rotatable bonds is 7. The summed E-state index contributed by atoms with van der Waals surface area (Å²) in [5.41, 5.74) is 2.75. The number of benzene rings is 2. The van der Waals surface area contributed by atoms with E-state index in [4.69, 9.17) is 0 Å². The van der Waals surface area contributed by atoms with Crippen molar-refractivity contribution in [2.45, 2.75) is 38.7 Å². The summed E-state index contributed by atoms with van der Waals surface area (Å²) >= 11 is 0. The Kier molecular flexibility index (Phi) is 7.40. The normalized spacial score (nSPS) is 21.0. The molecule has 32 heavy (non-hydrogen) atoms. The summed E-state index contributed by atoms with van der Waals surface area (Å²) in [7, 11) is 0.140. The molecule has 0 aromatic heterocycles. The largest absolute Gasteiger partial charge is 0.507 e. The highest BCUT2D eigenvalue weighted by Gasteiger charge is 2.18. The van der Waals surface area contributed by atoms with E-state index in [9.17, 15) is 14.6 Å². The predicted octanol–water partition coefficient (Wildman–Crippen LogP) is 5.56. The molecular weight excluding hydrogens is 418 g/mol. The van der Waals surface area contributed by atoms with E-state index in [0.29, 0.717) is 23.1 Å². The molecule has 0 amide bonds. The minimum absolute atomic E-state index is 0.140. The van der Waals surface area contributed by atoms with Crippen molar-refractivity contribution >= 4 is 19.2 Å². The minimum atomic E-state index is -0.767. The van der Waals surface area contributed by atoms with Crippen molar-refractivity contribution in [3.63, 3.8) is 0 Å². The van der Waals surface area contributed by atoms with Gasteiger partial charge < -0.3 is 10.2 Å². The molecule has 2 aromatic carbocycles. The van der Waals surface area contributed by atoms with Gasteiger partial charge >= 0.3 is 0 Å². The van der Waals surface area contributed by atoms with Gasteiger partial charge in [-0.1, -0.05) is 69.3 Å². The zero-order valence-corrected chi connectivity index (χ0v) is 19.3. The Hall–Kier alpha value is -2.48. The van der Waals surface area contributed by atoms with Crippen LogP contribution >= 0.6 is 8.58 Å². The van der Waals surface area contributed by atoms with Crippen molar-refractivity contribution in [1.82, 2.24) is 0 Å². The Morgan fingerprint density at radius 1 is 0.938 bits per heavy atom. The summed E-state index contributed by atoms with van der Waals surface area (Å²) in [6.45, 7) is 1.65. The highest BCUT2D eigenvalue weighted by atomic mass is 31.1. The molecule has 2 aliphatic carbocycles. The summed E-state index contributed by atoms with van der Waals surface area (Å²) in [6, 6.07) is 8.80. The lowest BCUT2D eigenvalue weighted by Crippen LogP contribution is -2.15. The van der Waals surface area contributed by atoms with Crippen LogP contribution in [0.5, 0.6) is 5.75 Å². The summed E-state index contributed by atoms with van der Waals surface area (Å²) in [4.78, 5) is 0. The summed E-state index contributed by atoms with van der Waals surface area (Å²) in [5.74, 6) is 0.788. The second-order valence-corrected chi connectivity index (χ2v) is 10.0. The van der Waals surface area contributed by atoms with Gasteiger partial charge in [0.25, 0.3) is 0 Å². The van der Waals surface area contributed by atoms with Gasteiger partial charge in [-0.05, 0) is 84.6 Å². The lowest BCUT2D eigenvalue weighted by Gasteiger charge is -2.20. The second-order valence-electron chi connectivity index (χ2n) is 8.71. The first-order valence-electron chi connectivity index (χ1n) is 11.3. The van der Waals surface area contributed by atoms with Gasteiger partial charge in [0.2, 0.25) is 0 Å². The molecule has 0 saturated heterocycles. The van der Waals surface area contributed by atoms with Gasteiger partial charge in [0, 0.05) is 5.30 Å². The van der Waals surface area contributed by atoms with Gasteiger partial charge in [-0.25, -0.2) is 4.39 Å². The standard InChI is InChI=1S/C28H30FO2P/c1-19(30)25-18-24(29)12-13-26(25)32-27-17-22(14-20-8-4-2-5-9-20)16-23(28(27)31)15-21-10-6-3-7-11-21/h2-8,10,12-13,16-21,30-32H,9,11,14-15H2,1H3. The average molecular weight is 449 g/mol. The SMILES string of the molecule is CC(O)c1cc(F)ccc1Pc1cc(CC2C=CC=CC2)cc(CC2C=CC=CC2)c1O. The van der Waals surface area contributed by atoms with Crippen LogP contribution < -0.4 is 10.6 Å². The van der Waals surface area contributed by atoms with E-state index in [-0.39, 0.29) is 14.4 Å². The fraction of sp³-hybridized carbons (Fsp3) is 0.286. The summed E-state index contributed by atoms with van der Waals surface area (Å²) in [5, 5.41) is 23.1. The molecular formula is C28H30FO2P. The molecule has 0 radical (unpaired) electrons. The third-order valence-corrected chi connectivity index (χ3v) is 7.48. The minimum Gasteiger partial charge on any atom is -0.507 e. The Morgan fingerprint density at radius 2 is 1.62 bits per heavy atom. The van der Waals surface area contributed by atoms with Crippen LogP contribution in [-0.4, -0.2) is 10.2 Å². The maximum absolute atomic E-state index is 13.8. The number of hydrogen-bond acceptors (Lipinski definition) is 2. The van der Waals surface area contributed by atoms with Gasteiger partial charge in [0.05, 0.1) is 6.10 Å². The van der Waals surface area contributed by atoms with E-state index in [1.165, 1.54) is 17.7 Å². The van der Waals surface area contributed by atoms with Gasteiger partial charge in [0.15, 0.2) is 0 Å². The molecule has 4 unspecified atom stereocenters. The van der Waals surface area contributed by atoms with Crippen molar-refractivity contribution < 1.29 is 14.6 Å². The van der Waals surface area contributed by atoms with E-state index in [0.717, 1.165) is 41.9 Å². The third kappa shape index (κ3) is 5.65. The van der Waals surface area contributed by atoms with E-state index >= 15 is 0 Å². The van der Waals surface area contributed by atoms with E-state index in [2.05, 4.69) is 60.7 Å². The second kappa shape index (κ2) is 10.4. The zero-order chi connectivity index (χ0) is 22.5. The van der Waals surface area contributed by atoms with Crippen molar-refractivity contribution in [1.29, 1.82) is 0 Å². The van der Waals surface area contributed by atoms with Gasteiger partial charge in [-0.2, -0.15) is 0 Å². The number of hydrogen-bond donors (Lipinski definition) is 2. The molecule has 2 aliphatic rings. The average Bonchev–Trinajstić information content (AvgIpc) is 2.79. The van der Waals surface area contributed by atoms with Crippen LogP contribution in [0.3, 0.4) is 0 Å². The van der Waals surface area contributed by atoms with Gasteiger partial charge in [-0.3, -0.25) is 0 Å². The number of aromatic hydroxyl groups is 1. The fourth-order valence-electron chi connectivity index (χ4n) is 4.42. The molecule has 0 aliphatic heterocycles. The first kappa shape index (κ1) is 22.7. The summed E-state index contributed by atoms with van der Waals surface area (Å²) in [6.07, 6.45) is 20.1. The Balaban J connectivity index is 1.68. The van der Waals surface area contributed by atoms with Crippen molar-refractivity contribution in [2.24, 2.45) is 11.8 Å². The molecule has 4 atom stereocenters. The molecule has 0 heterocycles. The maximum Gasteiger partial charge on any atom is 0.126 e. The van der Waals surface area contributed by atoms with Crippen LogP contribution in [-0.2, 0) is 12.8 Å². The maximum atomic E-state index is 13.8. The molecule has 2 nitrogen and oxygen atoms in total. The highest BCUT2D eigenvalue weighted by Crippen LogP contribution is 2.31. The molecule has 4 heteroatoms. The van der Waals surface area contributed by atoms with Crippen LogP contribution in [0.25, 0.3) is 0 Å². The van der Waals surface area contributed by atoms with Crippen molar-refractivity contribution in [2.75, 3.05) is 0 Å². The van der Waals surface area contributed by atoms with Crippen LogP contribution in [0.4, 0.5) is 4.39 Å². The molecule has 4 rings (SSSR count). The molecule has 166 valence electrons. The van der Waals surface area contributed by atoms with Crippen LogP contribution in [0, 0.1) is 17.7 Å². The number of allylic oxidation sites excluding steroid dienone is 8. The Morgan fingerprint density at radius 3 is 2.25 bits per heavy atom. The Bertz CT molecular complexity index is 1080. The molecule has 2 aromatic rings. The fourth-order valence-corrected chi connectivity index (χ4v) is 5.84.